The zero-order valence-electron chi connectivity index (χ0n) is 18.7. The number of phenolic OH excluding ortho intramolecular Hbond substituents is 1. The van der Waals surface area contributed by atoms with Crippen LogP contribution in [0.1, 0.15) is 22.5 Å². The van der Waals surface area contributed by atoms with Gasteiger partial charge >= 0.3 is 0 Å². The van der Waals surface area contributed by atoms with E-state index in [4.69, 9.17) is 34.8 Å². The largest absolute Gasteiger partial charge is 0.505 e. The number of hydrogen-bond acceptors (Lipinski definition) is 4. The molecule has 4 aromatic rings. The average molecular weight is 566 g/mol. The van der Waals surface area contributed by atoms with Crippen LogP contribution in [0.5, 0.6) is 5.75 Å². The average Bonchev–Trinajstić information content (AvgIpc) is 2.84. The Bertz CT molecular complexity index is 1480. The van der Waals surface area contributed by atoms with E-state index in [1.54, 1.807) is 24.3 Å². The molecule has 0 saturated carbocycles. The van der Waals surface area contributed by atoms with Crippen LogP contribution in [0, 0.1) is 5.82 Å². The van der Waals surface area contributed by atoms with Crippen molar-refractivity contribution in [3.05, 3.63) is 122 Å². The molecule has 0 saturated heterocycles. The molecular weight excluding hydrogens is 546 g/mol. The number of nitrogens with zero attached hydrogens (tertiary/aromatic N) is 2. The topological polar surface area (TPSA) is 70.5 Å². The molecule has 0 spiro atoms. The van der Waals surface area contributed by atoms with Gasteiger partial charge in [-0.1, -0.05) is 65.1 Å². The van der Waals surface area contributed by atoms with Crippen molar-refractivity contribution in [2.24, 2.45) is 0 Å². The molecule has 0 radical (unpaired) electrons. The maximum atomic E-state index is 13.7. The van der Waals surface area contributed by atoms with Crippen molar-refractivity contribution in [1.29, 1.82) is 0 Å². The molecule has 0 atom stereocenters. The third-order valence-electron chi connectivity index (χ3n) is 5.38. The summed E-state index contributed by atoms with van der Waals surface area (Å²) >= 11 is 18.0. The van der Waals surface area contributed by atoms with E-state index >= 15 is 0 Å². The van der Waals surface area contributed by atoms with E-state index in [1.165, 1.54) is 30.3 Å². The van der Waals surface area contributed by atoms with Crippen molar-refractivity contribution < 1.29 is 17.9 Å². The van der Waals surface area contributed by atoms with Crippen molar-refractivity contribution in [2.75, 3.05) is 0 Å². The van der Waals surface area contributed by atoms with Gasteiger partial charge < -0.3 is 5.11 Å². The van der Waals surface area contributed by atoms with E-state index in [-0.39, 0.29) is 23.1 Å². The first-order chi connectivity index (χ1) is 17.1. The minimum Gasteiger partial charge on any atom is -0.505 e. The maximum Gasteiger partial charge on any atom is 0.247 e. The minimum atomic E-state index is -4.29. The fourth-order valence-corrected chi connectivity index (χ4v) is 5.88. The molecule has 5 nitrogen and oxygen atoms in total. The predicted octanol–water partition coefficient (Wildman–Crippen LogP) is 6.87. The number of benzene rings is 3. The molecule has 36 heavy (non-hydrogen) atoms. The van der Waals surface area contributed by atoms with Crippen molar-refractivity contribution in [3.63, 3.8) is 0 Å². The zero-order chi connectivity index (χ0) is 25.9. The van der Waals surface area contributed by atoms with Crippen molar-refractivity contribution >= 4 is 44.8 Å². The van der Waals surface area contributed by atoms with Crippen LogP contribution in [0.4, 0.5) is 4.39 Å². The number of phenols is 1. The SMILES string of the molecule is O=S(=O)(c1cc(Cl)cc(Cl)c1O)N(Cc1ccc(F)cc1)Cc1cccc(Cc2ccc(Cl)cc2)n1. The van der Waals surface area contributed by atoms with Crippen LogP contribution in [0.25, 0.3) is 0 Å². The van der Waals surface area contributed by atoms with Gasteiger partial charge in [0.05, 0.1) is 17.3 Å². The molecule has 0 aliphatic heterocycles. The van der Waals surface area contributed by atoms with Gasteiger partial charge in [-0.3, -0.25) is 4.98 Å². The second-order valence-corrected chi connectivity index (χ2v) is 11.2. The third-order valence-corrected chi connectivity index (χ3v) is 7.95. The summed E-state index contributed by atoms with van der Waals surface area (Å²) in [7, 11) is -4.29. The molecule has 0 unspecified atom stereocenters. The summed E-state index contributed by atoms with van der Waals surface area (Å²) in [5, 5.41) is 10.9. The standard InChI is InChI=1S/C26H20Cl3FN2O3S/c27-19-8-4-17(5-9-19)12-22-2-1-3-23(31-22)16-32(15-18-6-10-21(30)11-7-18)36(34,35)25-14-20(28)13-24(29)26(25)33/h1-11,13-14,33H,12,15-16H2. The molecule has 0 amide bonds. The van der Waals surface area contributed by atoms with Gasteiger partial charge in [-0.25, -0.2) is 12.8 Å². The Balaban J connectivity index is 1.69. The van der Waals surface area contributed by atoms with Crippen molar-refractivity contribution in [3.8, 4) is 5.75 Å². The normalized spacial score (nSPS) is 11.7. The van der Waals surface area contributed by atoms with E-state index in [9.17, 15) is 17.9 Å². The lowest BCUT2D eigenvalue weighted by Crippen LogP contribution is -2.31. The summed E-state index contributed by atoms with van der Waals surface area (Å²) in [4.78, 5) is 4.21. The quantitative estimate of drug-likeness (QED) is 0.253. The monoisotopic (exact) mass is 564 g/mol. The predicted molar refractivity (Wildman–Crippen MR) is 139 cm³/mol. The Morgan fingerprint density at radius 3 is 2.14 bits per heavy atom. The van der Waals surface area contributed by atoms with E-state index in [0.717, 1.165) is 21.6 Å². The van der Waals surface area contributed by atoms with Gasteiger partial charge in [0.1, 0.15) is 10.7 Å². The van der Waals surface area contributed by atoms with Gasteiger partial charge in [-0.05, 0) is 59.7 Å². The molecule has 1 heterocycles. The van der Waals surface area contributed by atoms with E-state index in [0.29, 0.717) is 22.7 Å². The Kier molecular flexibility index (Phi) is 8.17. The number of sulfonamides is 1. The second-order valence-electron chi connectivity index (χ2n) is 8.06. The van der Waals surface area contributed by atoms with Crippen molar-refractivity contribution in [1.82, 2.24) is 9.29 Å². The summed E-state index contributed by atoms with van der Waals surface area (Å²) in [5.74, 6) is -1.04. The molecular formula is C26H20Cl3FN2O3S. The molecule has 186 valence electrons. The van der Waals surface area contributed by atoms with Crippen LogP contribution < -0.4 is 0 Å². The lowest BCUT2D eigenvalue weighted by molar-refractivity contribution is 0.390. The van der Waals surface area contributed by atoms with E-state index < -0.39 is 26.5 Å². The number of aromatic hydroxyl groups is 1. The summed E-state index contributed by atoms with van der Waals surface area (Å²) < 4.78 is 41.9. The molecule has 4 rings (SSSR count). The molecule has 0 bridgehead atoms. The molecule has 0 aliphatic rings. The van der Waals surface area contributed by atoms with Crippen LogP contribution >= 0.6 is 34.8 Å². The van der Waals surface area contributed by atoms with Gasteiger partial charge in [0, 0.05) is 28.7 Å². The van der Waals surface area contributed by atoms with Gasteiger partial charge in [-0.2, -0.15) is 4.31 Å². The van der Waals surface area contributed by atoms with E-state index in [2.05, 4.69) is 4.98 Å². The highest BCUT2D eigenvalue weighted by Crippen LogP contribution is 2.36. The van der Waals surface area contributed by atoms with E-state index in [1.807, 2.05) is 18.2 Å². The first kappa shape index (κ1) is 26.4. The maximum absolute atomic E-state index is 13.7. The molecule has 1 aromatic heterocycles. The van der Waals surface area contributed by atoms with Gasteiger partial charge in [0.25, 0.3) is 0 Å². The van der Waals surface area contributed by atoms with Gasteiger partial charge in [-0.15, -0.1) is 0 Å². The first-order valence-electron chi connectivity index (χ1n) is 10.7. The van der Waals surface area contributed by atoms with Gasteiger partial charge in [0.15, 0.2) is 5.75 Å². The van der Waals surface area contributed by atoms with Crippen LogP contribution in [-0.4, -0.2) is 22.8 Å². The van der Waals surface area contributed by atoms with Crippen LogP contribution in [-0.2, 0) is 29.5 Å². The summed E-state index contributed by atoms with van der Waals surface area (Å²) in [5.41, 5.74) is 2.77. The number of hydrogen-bond donors (Lipinski definition) is 1. The fraction of sp³-hybridized carbons (Fsp3) is 0.115. The molecule has 1 N–H and O–H groups in total. The molecule has 3 aromatic carbocycles. The molecule has 0 fully saturated rings. The molecule has 0 aliphatic carbocycles. The van der Waals surface area contributed by atoms with Crippen LogP contribution in [0.15, 0.2) is 83.8 Å². The smallest absolute Gasteiger partial charge is 0.247 e. The highest BCUT2D eigenvalue weighted by atomic mass is 35.5. The lowest BCUT2D eigenvalue weighted by Gasteiger charge is -2.23. The summed E-state index contributed by atoms with van der Waals surface area (Å²) in [6.45, 7) is -0.215. The summed E-state index contributed by atoms with van der Waals surface area (Å²) in [6.07, 6.45) is 0.528. The lowest BCUT2D eigenvalue weighted by atomic mass is 10.1. The highest BCUT2D eigenvalue weighted by molar-refractivity contribution is 7.89. The summed E-state index contributed by atoms with van der Waals surface area (Å²) in [6, 6.07) is 20.6. The van der Waals surface area contributed by atoms with Crippen molar-refractivity contribution in [2.45, 2.75) is 24.4 Å². The van der Waals surface area contributed by atoms with Crippen LogP contribution in [0.2, 0.25) is 15.1 Å². The number of halogens is 4. The minimum absolute atomic E-state index is 0.0567. The third kappa shape index (κ3) is 6.35. The fourth-order valence-electron chi connectivity index (χ4n) is 3.61. The Hall–Kier alpha value is -2.68. The Labute approximate surface area is 223 Å². The molecule has 10 heteroatoms. The number of aromatic nitrogens is 1. The zero-order valence-corrected chi connectivity index (χ0v) is 21.8. The second kappa shape index (κ2) is 11.2. The van der Waals surface area contributed by atoms with Gasteiger partial charge in [0.2, 0.25) is 10.0 Å². The number of pyridine rings is 1. The first-order valence-corrected chi connectivity index (χ1v) is 13.3. The Morgan fingerprint density at radius 1 is 0.806 bits per heavy atom. The Morgan fingerprint density at radius 2 is 1.44 bits per heavy atom. The highest BCUT2D eigenvalue weighted by Gasteiger charge is 2.30. The van der Waals surface area contributed by atoms with Crippen LogP contribution in [0.3, 0.4) is 0 Å². The number of rotatable bonds is 8.